The molecule has 1 aliphatic heterocycles. The van der Waals surface area contributed by atoms with Crippen molar-refractivity contribution in [3.05, 3.63) is 41.2 Å². The van der Waals surface area contributed by atoms with Crippen molar-refractivity contribution in [3.8, 4) is 6.07 Å². The Kier molecular flexibility index (Phi) is 2.79. The number of rotatable bonds is 1. The SMILES string of the molecule is N#Cc1ccc(C2=CC[N]CC2)cc1F. The van der Waals surface area contributed by atoms with Gasteiger partial charge in [-0.3, -0.25) is 0 Å². The molecule has 15 heavy (non-hydrogen) atoms. The van der Waals surface area contributed by atoms with Crippen LogP contribution in [0.5, 0.6) is 0 Å². The molecule has 0 aliphatic carbocycles. The van der Waals surface area contributed by atoms with Crippen LogP contribution in [0, 0.1) is 17.1 Å². The van der Waals surface area contributed by atoms with Gasteiger partial charge in [-0.25, -0.2) is 9.71 Å². The Morgan fingerprint density at radius 2 is 2.27 bits per heavy atom. The summed E-state index contributed by atoms with van der Waals surface area (Å²) in [7, 11) is 0. The normalized spacial score (nSPS) is 15.6. The molecule has 0 N–H and O–H groups in total. The smallest absolute Gasteiger partial charge is 0.141 e. The van der Waals surface area contributed by atoms with Crippen molar-refractivity contribution in [2.75, 3.05) is 13.1 Å². The largest absolute Gasteiger partial charge is 0.237 e. The van der Waals surface area contributed by atoms with Gasteiger partial charge in [0.15, 0.2) is 0 Å². The van der Waals surface area contributed by atoms with Gasteiger partial charge in [-0.2, -0.15) is 5.26 Å². The van der Waals surface area contributed by atoms with Crippen molar-refractivity contribution in [2.24, 2.45) is 0 Å². The molecule has 2 rings (SSSR count). The van der Waals surface area contributed by atoms with E-state index >= 15 is 0 Å². The molecule has 0 bridgehead atoms. The fourth-order valence-corrected chi connectivity index (χ4v) is 1.64. The van der Waals surface area contributed by atoms with E-state index in [2.05, 4.69) is 5.32 Å². The maximum Gasteiger partial charge on any atom is 0.141 e. The molecule has 0 aromatic heterocycles. The van der Waals surface area contributed by atoms with E-state index in [1.165, 1.54) is 12.1 Å². The maximum atomic E-state index is 13.3. The van der Waals surface area contributed by atoms with Gasteiger partial charge in [0.2, 0.25) is 0 Å². The van der Waals surface area contributed by atoms with Gasteiger partial charge in [0.1, 0.15) is 11.9 Å². The average molecular weight is 201 g/mol. The second kappa shape index (κ2) is 4.24. The molecule has 0 saturated carbocycles. The van der Waals surface area contributed by atoms with Gasteiger partial charge in [0, 0.05) is 13.1 Å². The molecular formula is C12H10FN2. The number of nitrogens with zero attached hydrogens (tertiary/aromatic N) is 2. The Bertz CT molecular complexity index is 443. The summed E-state index contributed by atoms with van der Waals surface area (Å²) in [6, 6.07) is 6.55. The Hall–Kier alpha value is -1.66. The van der Waals surface area contributed by atoms with Crippen LogP contribution in [-0.4, -0.2) is 13.1 Å². The molecule has 0 amide bonds. The van der Waals surface area contributed by atoms with Crippen LogP contribution >= 0.6 is 0 Å². The molecule has 1 aliphatic rings. The van der Waals surface area contributed by atoms with E-state index in [0.717, 1.165) is 24.1 Å². The maximum absolute atomic E-state index is 13.3. The third-order valence-electron chi connectivity index (χ3n) is 2.47. The zero-order chi connectivity index (χ0) is 10.7. The highest BCUT2D eigenvalue weighted by Gasteiger charge is 2.09. The molecule has 2 nitrogen and oxygen atoms in total. The minimum Gasteiger partial charge on any atom is -0.237 e. The molecule has 0 spiro atoms. The van der Waals surface area contributed by atoms with E-state index < -0.39 is 5.82 Å². The molecule has 0 fully saturated rings. The van der Waals surface area contributed by atoms with Gasteiger partial charge in [-0.05, 0) is 29.7 Å². The third-order valence-corrected chi connectivity index (χ3v) is 2.47. The predicted molar refractivity (Wildman–Crippen MR) is 55.6 cm³/mol. The second-order valence-electron chi connectivity index (χ2n) is 3.42. The summed E-state index contributed by atoms with van der Waals surface area (Å²) in [5, 5.41) is 12.8. The van der Waals surface area contributed by atoms with Crippen LogP contribution in [0.25, 0.3) is 5.57 Å². The Morgan fingerprint density at radius 3 is 2.87 bits per heavy atom. The van der Waals surface area contributed by atoms with Gasteiger partial charge >= 0.3 is 0 Å². The first-order valence-electron chi connectivity index (χ1n) is 4.83. The van der Waals surface area contributed by atoms with Crippen LogP contribution in [0.2, 0.25) is 0 Å². The Balaban J connectivity index is 2.34. The number of halogens is 1. The lowest BCUT2D eigenvalue weighted by atomic mass is 9.99. The molecule has 75 valence electrons. The molecule has 0 atom stereocenters. The molecule has 1 aromatic rings. The molecule has 0 saturated heterocycles. The second-order valence-corrected chi connectivity index (χ2v) is 3.42. The predicted octanol–water partition coefficient (Wildman–Crippen LogP) is 2.09. The number of hydrogen-bond donors (Lipinski definition) is 0. The molecule has 1 radical (unpaired) electrons. The van der Waals surface area contributed by atoms with Crippen molar-refractivity contribution < 1.29 is 4.39 Å². The Morgan fingerprint density at radius 1 is 1.40 bits per heavy atom. The van der Waals surface area contributed by atoms with Crippen LogP contribution in [-0.2, 0) is 0 Å². The summed E-state index contributed by atoms with van der Waals surface area (Å²) in [6.45, 7) is 1.50. The first kappa shape index (κ1) is 9.88. The highest BCUT2D eigenvalue weighted by molar-refractivity contribution is 5.67. The lowest BCUT2D eigenvalue weighted by Crippen LogP contribution is -2.12. The summed E-state index contributed by atoms with van der Waals surface area (Å²) < 4.78 is 13.3. The lowest BCUT2D eigenvalue weighted by molar-refractivity contribution is 0.623. The van der Waals surface area contributed by atoms with Gasteiger partial charge < -0.3 is 0 Å². The minimum atomic E-state index is -0.446. The van der Waals surface area contributed by atoms with Gasteiger partial charge in [0.05, 0.1) is 5.56 Å². The van der Waals surface area contributed by atoms with Crippen molar-refractivity contribution in [2.45, 2.75) is 6.42 Å². The van der Waals surface area contributed by atoms with Crippen molar-refractivity contribution in [1.82, 2.24) is 5.32 Å². The quantitative estimate of drug-likeness (QED) is 0.685. The first-order valence-corrected chi connectivity index (χ1v) is 4.83. The highest BCUT2D eigenvalue weighted by Crippen LogP contribution is 2.21. The van der Waals surface area contributed by atoms with E-state index in [-0.39, 0.29) is 5.56 Å². The monoisotopic (exact) mass is 201 g/mol. The molecular weight excluding hydrogens is 191 g/mol. The van der Waals surface area contributed by atoms with E-state index in [1.54, 1.807) is 6.07 Å². The highest BCUT2D eigenvalue weighted by atomic mass is 19.1. The molecule has 1 heterocycles. The van der Waals surface area contributed by atoms with Crippen LogP contribution in [0.3, 0.4) is 0 Å². The summed E-state index contributed by atoms with van der Waals surface area (Å²) in [5.74, 6) is -0.446. The van der Waals surface area contributed by atoms with Crippen LogP contribution in [0.4, 0.5) is 4.39 Å². The summed E-state index contributed by atoms with van der Waals surface area (Å²) in [4.78, 5) is 0. The number of hydrogen-bond acceptors (Lipinski definition) is 1. The van der Waals surface area contributed by atoms with Gasteiger partial charge in [-0.15, -0.1) is 0 Å². The van der Waals surface area contributed by atoms with E-state index in [0.29, 0.717) is 6.54 Å². The minimum absolute atomic E-state index is 0.0971. The lowest BCUT2D eigenvalue weighted by Gasteiger charge is -2.13. The van der Waals surface area contributed by atoms with Crippen LogP contribution in [0.1, 0.15) is 17.5 Å². The fourth-order valence-electron chi connectivity index (χ4n) is 1.64. The molecule has 3 heteroatoms. The number of nitriles is 1. The molecule has 1 aromatic carbocycles. The van der Waals surface area contributed by atoms with E-state index in [4.69, 9.17) is 5.26 Å². The van der Waals surface area contributed by atoms with Crippen LogP contribution < -0.4 is 5.32 Å². The zero-order valence-electron chi connectivity index (χ0n) is 8.20. The fraction of sp³-hybridized carbons (Fsp3) is 0.250. The summed E-state index contributed by atoms with van der Waals surface area (Å²) in [6.07, 6.45) is 2.86. The topological polar surface area (TPSA) is 37.9 Å². The Labute approximate surface area is 88.0 Å². The average Bonchev–Trinajstić information content (AvgIpc) is 2.30. The summed E-state index contributed by atoms with van der Waals surface area (Å²) in [5.41, 5.74) is 2.08. The van der Waals surface area contributed by atoms with Gasteiger partial charge in [0.25, 0.3) is 0 Å². The summed E-state index contributed by atoms with van der Waals surface area (Å²) >= 11 is 0. The number of benzene rings is 1. The molecule has 0 unspecified atom stereocenters. The van der Waals surface area contributed by atoms with Crippen molar-refractivity contribution in [3.63, 3.8) is 0 Å². The third kappa shape index (κ3) is 2.05. The first-order chi connectivity index (χ1) is 7.31. The van der Waals surface area contributed by atoms with Gasteiger partial charge in [-0.1, -0.05) is 12.1 Å². The standard InChI is InChI=1S/C12H10FN2/c13-12-7-10(1-2-11(12)8-14)9-3-5-15-6-4-9/h1-3,7H,4-6H2. The zero-order valence-corrected chi connectivity index (χ0v) is 8.20. The van der Waals surface area contributed by atoms with E-state index in [1.807, 2.05) is 12.1 Å². The van der Waals surface area contributed by atoms with Crippen molar-refractivity contribution in [1.29, 1.82) is 5.26 Å². The van der Waals surface area contributed by atoms with Crippen molar-refractivity contribution >= 4 is 5.57 Å². The van der Waals surface area contributed by atoms with E-state index in [9.17, 15) is 4.39 Å². The van der Waals surface area contributed by atoms with Crippen LogP contribution in [0.15, 0.2) is 24.3 Å².